The van der Waals surface area contributed by atoms with Gasteiger partial charge >= 0.3 is 18.0 Å². The Bertz CT molecular complexity index is 2520. The number of nitriles is 2. The van der Waals surface area contributed by atoms with Gasteiger partial charge in [-0.2, -0.15) is 10.5 Å². The Morgan fingerprint density at radius 3 is 1.40 bits per heavy atom. The Kier molecular flexibility index (Phi) is 15.9. The van der Waals surface area contributed by atoms with E-state index in [9.17, 15) is 14.4 Å². The highest BCUT2D eigenvalue weighted by Gasteiger charge is 2.34. The molecule has 15 nitrogen and oxygen atoms in total. The minimum atomic E-state index is -1.41. The number of para-hydroxylation sites is 2. The van der Waals surface area contributed by atoms with E-state index in [0.29, 0.717) is 28.1 Å². The number of anilines is 2. The zero-order valence-electron chi connectivity index (χ0n) is 37.5. The van der Waals surface area contributed by atoms with E-state index in [1.54, 1.807) is 78.9 Å². The van der Waals surface area contributed by atoms with Crippen molar-refractivity contribution in [3.63, 3.8) is 0 Å². The van der Waals surface area contributed by atoms with E-state index in [-0.39, 0.29) is 36.2 Å². The lowest BCUT2D eigenvalue weighted by Gasteiger charge is -2.37. The van der Waals surface area contributed by atoms with Crippen LogP contribution in [0.4, 0.5) is 32.3 Å². The van der Waals surface area contributed by atoms with Crippen LogP contribution in [-0.4, -0.2) is 101 Å². The molecule has 2 saturated heterocycles. The van der Waals surface area contributed by atoms with E-state index >= 15 is 0 Å². The third-order valence-electron chi connectivity index (χ3n) is 12.3. The number of amides is 4. The van der Waals surface area contributed by atoms with Crippen molar-refractivity contribution in [3.05, 3.63) is 155 Å². The fourth-order valence-electron chi connectivity index (χ4n) is 8.65. The van der Waals surface area contributed by atoms with Gasteiger partial charge in [-0.25, -0.2) is 14.4 Å². The highest BCUT2D eigenvalue weighted by atomic mass is 16.4. The Morgan fingerprint density at radius 2 is 1.01 bits per heavy atom. The van der Waals surface area contributed by atoms with Crippen LogP contribution in [0.1, 0.15) is 59.6 Å². The summed E-state index contributed by atoms with van der Waals surface area (Å²) in [6.45, 7) is 1.84. The summed E-state index contributed by atoms with van der Waals surface area (Å²) in [6.07, 6.45) is 3.89. The molecule has 15 heteroatoms. The third-order valence-corrected chi connectivity index (χ3v) is 12.3. The number of nitrogens with one attached hydrogen (secondary N) is 4. The monoisotopic (exact) mass is 898 g/mol. The molecule has 0 radical (unpaired) electrons. The van der Waals surface area contributed by atoms with Gasteiger partial charge in [-0.15, -0.1) is 0 Å². The van der Waals surface area contributed by atoms with Crippen LogP contribution in [0.2, 0.25) is 0 Å². The van der Waals surface area contributed by atoms with Crippen molar-refractivity contribution >= 4 is 52.2 Å². The van der Waals surface area contributed by atoms with E-state index < -0.39 is 12.1 Å². The van der Waals surface area contributed by atoms with Gasteiger partial charge in [-0.1, -0.05) is 66.7 Å². The number of aliphatic hydroxyl groups excluding tert-OH is 1. The normalized spacial score (nSPS) is 19.9. The maximum atomic E-state index is 12.4. The Morgan fingerprint density at radius 1 is 0.612 bits per heavy atom. The van der Waals surface area contributed by atoms with Crippen molar-refractivity contribution in [1.29, 1.82) is 10.5 Å². The first-order valence-corrected chi connectivity index (χ1v) is 22.3. The first kappa shape index (κ1) is 47.3. The second-order valence-corrected chi connectivity index (χ2v) is 17.0. The number of piperidine rings is 2. The molecule has 4 heterocycles. The van der Waals surface area contributed by atoms with Crippen LogP contribution in [0, 0.1) is 22.7 Å². The summed E-state index contributed by atoms with van der Waals surface area (Å²) < 4.78 is 0. The molecule has 2 fully saturated rings. The van der Waals surface area contributed by atoms with Gasteiger partial charge in [-0.05, 0) is 117 Å². The minimum absolute atomic E-state index is 0.103. The van der Waals surface area contributed by atoms with Crippen molar-refractivity contribution in [2.45, 2.75) is 68.8 Å². The second kappa shape index (κ2) is 22.5. The maximum Gasteiger partial charge on any atom is 0.337 e. The van der Waals surface area contributed by atoms with Gasteiger partial charge in [0, 0.05) is 60.8 Å². The maximum absolute atomic E-state index is 12.4. The van der Waals surface area contributed by atoms with Crippen LogP contribution < -0.4 is 21.3 Å². The van der Waals surface area contributed by atoms with Gasteiger partial charge in [0.15, 0.2) is 6.10 Å². The quantitative estimate of drug-likeness (QED) is 0.0896. The highest BCUT2D eigenvalue weighted by molar-refractivity contribution is 5.99. The zero-order valence-corrected chi connectivity index (χ0v) is 37.5. The fourth-order valence-corrected chi connectivity index (χ4v) is 8.65. The first-order chi connectivity index (χ1) is 32.5. The molecule has 4 amide bonds. The van der Waals surface area contributed by atoms with Crippen LogP contribution in [0.5, 0.6) is 0 Å². The summed E-state index contributed by atoms with van der Waals surface area (Å²) in [7, 11) is 4.26. The lowest BCUT2D eigenvalue weighted by Crippen LogP contribution is -2.52. The number of likely N-dealkylation sites (tertiary alicyclic amines) is 2. The molecule has 0 bridgehead atoms. The average Bonchev–Trinajstić information content (AvgIpc) is 3.99. The Balaban J connectivity index is 0.000000163. The predicted octanol–water partition coefficient (Wildman–Crippen LogP) is 7.75. The first-order valence-electron chi connectivity index (χ1n) is 22.3. The third kappa shape index (κ3) is 12.8. The molecular formula is C52H54N10O5. The number of carbonyl (C=O) groups excluding carboxylic acids is 2. The Labute approximate surface area is 390 Å². The number of carboxylic acid groups (broad SMARTS) is 1. The second-order valence-electron chi connectivity index (χ2n) is 17.0. The van der Waals surface area contributed by atoms with Gasteiger partial charge in [-0.3, -0.25) is 19.8 Å². The lowest BCUT2D eigenvalue weighted by atomic mass is 9.92. The van der Waals surface area contributed by atoms with Crippen molar-refractivity contribution in [2.75, 3.05) is 37.8 Å². The van der Waals surface area contributed by atoms with E-state index in [0.717, 1.165) is 63.0 Å². The van der Waals surface area contributed by atoms with Crippen LogP contribution in [-0.2, 0) is 17.6 Å². The fraction of sp³-hybridized carbons (Fsp3) is 0.288. The van der Waals surface area contributed by atoms with Gasteiger partial charge < -0.3 is 31.5 Å². The van der Waals surface area contributed by atoms with Crippen LogP contribution in [0.3, 0.4) is 0 Å². The van der Waals surface area contributed by atoms with Crippen molar-refractivity contribution < 1.29 is 24.6 Å². The molecule has 0 unspecified atom stereocenters. The van der Waals surface area contributed by atoms with Crippen LogP contribution in [0.15, 0.2) is 137 Å². The number of aliphatic carboxylic acids is 1. The van der Waals surface area contributed by atoms with Crippen LogP contribution in [0.25, 0.3) is 0 Å². The number of nitrogens with zero attached hydrogens (tertiary/aromatic N) is 6. The predicted molar refractivity (Wildman–Crippen MR) is 259 cm³/mol. The smallest absolute Gasteiger partial charge is 0.337 e. The molecule has 0 spiro atoms. The summed E-state index contributed by atoms with van der Waals surface area (Å²) in [6, 6.07) is 42.9. The summed E-state index contributed by atoms with van der Waals surface area (Å²) in [5.41, 5.74) is 9.96. The number of carbonyl (C=O) groups is 3. The molecule has 5 aromatic carbocycles. The number of benzene rings is 5. The van der Waals surface area contributed by atoms with Crippen molar-refractivity contribution in [3.8, 4) is 12.1 Å². The molecule has 0 saturated carbocycles. The van der Waals surface area contributed by atoms with Gasteiger partial charge in [0.05, 0.1) is 46.7 Å². The number of urea groups is 2. The summed E-state index contributed by atoms with van der Waals surface area (Å²) in [5, 5.41) is 47.0. The molecule has 5 atom stereocenters. The van der Waals surface area contributed by atoms with Crippen molar-refractivity contribution in [2.24, 2.45) is 9.98 Å². The Hall–Kier alpha value is -7.69. The standard InChI is InChI=1S/2C22H23N5O.C8H8O3/c2*1-27-11-10-18(25-22(28)24-17-8-6-15(14-23)7-9-17)13-21(27)20-12-16-4-2-3-5-19(16)26-20;9-7(8(10)11)6-4-2-1-3-5-6/h2*2-9,18,21H,10-13H2,1H3,(H2,24,25,28);1-5,7,9H,(H,10,11)/t2*18-,21-;7-/m110/s1. The number of hydrogen-bond acceptors (Lipinski definition) is 10. The number of carboxylic acids is 1. The van der Waals surface area contributed by atoms with Crippen molar-refractivity contribution in [1.82, 2.24) is 20.4 Å². The minimum Gasteiger partial charge on any atom is -0.479 e. The molecular weight excluding hydrogens is 845 g/mol. The zero-order chi connectivity index (χ0) is 47.3. The summed E-state index contributed by atoms with van der Waals surface area (Å²) in [4.78, 5) is 49.4. The number of rotatable bonds is 8. The van der Waals surface area contributed by atoms with Gasteiger partial charge in [0.2, 0.25) is 0 Å². The van der Waals surface area contributed by atoms with Gasteiger partial charge in [0.1, 0.15) is 0 Å². The van der Waals surface area contributed by atoms with E-state index in [1.807, 2.05) is 12.1 Å². The molecule has 4 aliphatic heterocycles. The van der Waals surface area contributed by atoms with E-state index in [4.69, 9.17) is 30.7 Å². The van der Waals surface area contributed by atoms with Gasteiger partial charge in [0.25, 0.3) is 0 Å². The summed E-state index contributed by atoms with van der Waals surface area (Å²) in [5.74, 6) is -1.23. The number of fused-ring (bicyclic) bond motifs is 2. The largest absolute Gasteiger partial charge is 0.479 e. The molecule has 9 rings (SSSR count). The van der Waals surface area contributed by atoms with E-state index in [1.165, 1.54) is 22.6 Å². The molecule has 0 aliphatic carbocycles. The number of hydrogen-bond donors (Lipinski definition) is 6. The molecule has 6 N–H and O–H groups in total. The number of aliphatic imine (C=N–C) groups is 2. The molecule has 0 aromatic heterocycles. The number of aliphatic hydroxyl groups is 1. The lowest BCUT2D eigenvalue weighted by molar-refractivity contribution is -0.146. The van der Waals surface area contributed by atoms with E-state index in [2.05, 4.69) is 93.7 Å². The molecule has 342 valence electrons. The average molecular weight is 899 g/mol. The SMILES string of the molecule is CN1CC[C@@H](NC(=O)Nc2ccc(C#N)cc2)C[C@@H]1C1=Nc2ccccc2C1.CN1CC[C@@H](NC(=O)Nc2ccc(C#N)cc2)C[C@@H]1C1=Nc2ccccc2C1.O=C(O)[C@@H](O)c1ccccc1. The van der Waals surface area contributed by atoms with Crippen LogP contribution >= 0.6 is 0 Å². The highest BCUT2D eigenvalue weighted by Crippen LogP contribution is 2.32. The topological polar surface area (TPSA) is 219 Å². The summed E-state index contributed by atoms with van der Waals surface area (Å²) >= 11 is 0. The molecule has 67 heavy (non-hydrogen) atoms. The molecule has 4 aliphatic rings. The molecule has 5 aromatic rings.